The number of carboxylic acid groups (broad SMARTS) is 1. The van der Waals surface area contributed by atoms with Crippen molar-refractivity contribution in [3.05, 3.63) is 0 Å². The van der Waals surface area contributed by atoms with E-state index in [4.69, 9.17) is 5.11 Å². The fraction of sp³-hybridized carbons (Fsp3) is 0.933. The van der Waals surface area contributed by atoms with Crippen LogP contribution in [-0.2, 0) is 4.79 Å². The highest BCUT2D eigenvalue weighted by Crippen LogP contribution is 2.26. The van der Waals surface area contributed by atoms with Crippen molar-refractivity contribution < 1.29 is 9.90 Å². The Morgan fingerprint density at radius 3 is 2.11 bits per heavy atom. The largest absolute Gasteiger partial charge is 0.481 e. The van der Waals surface area contributed by atoms with E-state index in [0.29, 0.717) is 6.54 Å². The predicted molar refractivity (Wildman–Crippen MR) is 76.3 cm³/mol. The minimum atomic E-state index is -0.681. The molecule has 0 spiro atoms. The van der Waals surface area contributed by atoms with Gasteiger partial charge >= 0.3 is 5.97 Å². The first-order valence-electron chi connectivity index (χ1n) is 7.90. The summed E-state index contributed by atoms with van der Waals surface area (Å²) in [7, 11) is 0. The molecule has 4 heteroatoms. The Morgan fingerprint density at radius 2 is 1.53 bits per heavy atom. The average molecular weight is 268 g/mol. The summed E-state index contributed by atoms with van der Waals surface area (Å²) in [6.07, 6.45) is 8.86. The van der Waals surface area contributed by atoms with E-state index in [1.165, 1.54) is 45.1 Å². The summed E-state index contributed by atoms with van der Waals surface area (Å²) in [6.45, 7) is 6.28. The Hall–Kier alpha value is -0.610. The molecule has 0 amide bonds. The van der Waals surface area contributed by atoms with Gasteiger partial charge < -0.3 is 14.9 Å². The first-order chi connectivity index (χ1) is 9.24. The Morgan fingerprint density at radius 1 is 0.947 bits per heavy atom. The molecule has 0 atom stereocenters. The summed E-state index contributed by atoms with van der Waals surface area (Å²) in [5.74, 6) is 0.290. The van der Waals surface area contributed by atoms with Crippen LogP contribution >= 0.6 is 0 Å². The van der Waals surface area contributed by atoms with E-state index in [1.807, 2.05) is 0 Å². The lowest BCUT2D eigenvalue weighted by molar-refractivity contribution is -0.137. The number of nitrogens with zero attached hydrogens (tertiary/aromatic N) is 2. The van der Waals surface area contributed by atoms with Gasteiger partial charge in [0.2, 0.25) is 0 Å². The summed E-state index contributed by atoms with van der Waals surface area (Å²) in [6, 6.07) is 0. The molecule has 2 aliphatic rings. The number of hydrogen-bond acceptors (Lipinski definition) is 3. The van der Waals surface area contributed by atoms with Gasteiger partial charge in [0.25, 0.3) is 0 Å². The highest BCUT2D eigenvalue weighted by atomic mass is 16.4. The van der Waals surface area contributed by atoms with Crippen molar-refractivity contribution >= 4 is 5.97 Å². The van der Waals surface area contributed by atoms with Crippen LogP contribution < -0.4 is 0 Å². The number of aliphatic carboxylic acids is 1. The molecule has 0 aromatic carbocycles. The Kier molecular flexibility index (Phi) is 6.11. The second-order valence-corrected chi connectivity index (χ2v) is 6.12. The van der Waals surface area contributed by atoms with Gasteiger partial charge in [0.15, 0.2) is 0 Å². The molecule has 1 saturated heterocycles. The maximum Gasteiger partial charge on any atom is 0.304 e. The Labute approximate surface area is 116 Å². The zero-order valence-electron chi connectivity index (χ0n) is 12.0. The van der Waals surface area contributed by atoms with Gasteiger partial charge in [0, 0.05) is 32.7 Å². The second-order valence-electron chi connectivity index (χ2n) is 6.12. The number of carbonyl (C=O) groups is 1. The van der Waals surface area contributed by atoms with Gasteiger partial charge in [-0.25, -0.2) is 0 Å². The van der Waals surface area contributed by atoms with Gasteiger partial charge in [-0.15, -0.1) is 0 Å². The molecule has 1 N–H and O–H groups in total. The average Bonchev–Trinajstić information content (AvgIpc) is 2.45. The first kappa shape index (κ1) is 14.8. The molecule has 0 aromatic heterocycles. The molecular weight excluding hydrogens is 240 g/mol. The van der Waals surface area contributed by atoms with Crippen LogP contribution in [0.4, 0.5) is 0 Å². The SMILES string of the molecule is O=C(O)CCN1CCN(CCC2CCCCC2)CC1. The van der Waals surface area contributed by atoms with Crippen molar-refractivity contribution in [3.63, 3.8) is 0 Å². The van der Waals surface area contributed by atoms with Crippen molar-refractivity contribution in [1.82, 2.24) is 9.80 Å². The zero-order chi connectivity index (χ0) is 13.5. The zero-order valence-corrected chi connectivity index (χ0v) is 12.0. The van der Waals surface area contributed by atoms with Gasteiger partial charge in [0.05, 0.1) is 6.42 Å². The van der Waals surface area contributed by atoms with Gasteiger partial charge in [0.1, 0.15) is 0 Å². The fourth-order valence-electron chi connectivity index (χ4n) is 3.33. The molecule has 4 nitrogen and oxygen atoms in total. The predicted octanol–water partition coefficient (Wildman–Crippen LogP) is 2.05. The van der Waals surface area contributed by atoms with Gasteiger partial charge in [-0.3, -0.25) is 4.79 Å². The molecule has 2 rings (SSSR count). The van der Waals surface area contributed by atoms with E-state index >= 15 is 0 Å². The Bertz CT molecular complexity index is 269. The maximum atomic E-state index is 10.5. The van der Waals surface area contributed by atoms with E-state index in [0.717, 1.165) is 32.1 Å². The van der Waals surface area contributed by atoms with E-state index in [2.05, 4.69) is 9.80 Å². The molecule has 19 heavy (non-hydrogen) atoms. The monoisotopic (exact) mass is 268 g/mol. The highest BCUT2D eigenvalue weighted by molar-refractivity contribution is 5.66. The third-order valence-electron chi connectivity index (χ3n) is 4.69. The molecule has 0 bridgehead atoms. The van der Waals surface area contributed by atoms with Crippen molar-refractivity contribution in [3.8, 4) is 0 Å². The summed E-state index contributed by atoms with van der Waals surface area (Å²) in [5, 5.41) is 8.69. The molecule has 0 aromatic rings. The fourth-order valence-corrected chi connectivity index (χ4v) is 3.33. The molecule has 1 aliphatic carbocycles. The molecule has 1 heterocycles. The van der Waals surface area contributed by atoms with Crippen LogP contribution in [-0.4, -0.2) is 60.1 Å². The molecule has 2 fully saturated rings. The quantitative estimate of drug-likeness (QED) is 0.801. The topological polar surface area (TPSA) is 43.8 Å². The van der Waals surface area contributed by atoms with Crippen LogP contribution in [0.5, 0.6) is 0 Å². The molecule has 1 aliphatic heterocycles. The summed E-state index contributed by atoms with van der Waals surface area (Å²) in [5.41, 5.74) is 0. The second kappa shape index (κ2) is 7.85. The van der Waals surface area contributed by atoms with Gasteiger partial charge in [-0.1, -0.05) is 32.1 Å². The Balaban J connectivity index is 1.56. The molecule has 110 valence electrons. The van der Waals surface area contributed by atoms with Crippen molar-refractivity contribution in [2.24, 2.45) is 5.92 Å². The van der Waals surface area contributed by atoms with Crippen LogP contribution in [0.3, 0.4) is 0 Å². The van der Waals surface area contributed by atoms with E-state index in [9.17, 15) is 4.79 Å². The smallest absolute Gasteiger partial charge is 0.304 e. The lowest BCUT2D eigenvalue weighted by Gasteiger charge is -2.35. The number of carboxylic acids is 1. The standard InChI is InChI=1S/C15H28N2O2/c18-15(19)7-9-17-12-10-16(11-13-17)8-6-14-4-2-1-3-5-14/h14H,1-13H2,(H,18,19). The number of piperazine rings is 1. The summed E-state index contributed by atoms with van der Waals surface area (Å²) >= 11 is 0. The number of rotatable bonds is 6. The third kappa shape index (κ3) is 5.49. The third-order valence-corrected chi connectivity index (χ3v) is 4.69. The molecular formula is C15H28N2O2. The molecule has 0 radical (unpaired) electrons. The highest BCUT2D eigenvalue weighted by Gasteiger charge is 2.19. The van der Waals surface area contributed by atoms with Crippen LogP contribution in [0.2, 0.25) is 0 Å². The van der Waals surface area contributed by atoms with Crippen molar-refractivity contribution in [2.45, 2.75) is 44.9 Å². The normalized spacial score (nSPS) is 23.6. The van der Waals surface area contributed by atoms with Gasteiger partial charge in [-0.05, 0) is 18.9 Å². The summed E-state index contributed by atoms with van der Waals surface area (Å²) in [4.78, 5) is 15.4. The van der Waals surface area contributed by atoms with E-state index in [-0.39, 0.29) is 6.42 Å². The van der Waals surface area contributed by atoms with E-state index in [1.54, 1.807) is 0 Å². The maximum absolute atomic E-state index is 10.5. The molecule has 1 saturated carbocycles. The minimum Gasteiger partial charge on any atom is -0.481 e. The first-order valence-corrected chi connectivity index (χ1v) is 7.90. The van der Waals surface area contributed by atoms with Crippen molar-refractivity contribution in [1.29, 1.82) is 0 Å². The van der Waals surface area contributed by atoms with Gasteiger partial charge in [-0.2, -0.15) is 0 Å². The van der Waals surface area contributed by atoms with Crippen LogP contribution in [0.15, 0.2) is 0 Å². The van der Waals surface area contributed by atoms with Crippen molar-refractivity contribution in [2.75, 3.05) is 39.3 Å². The number of hydrogen-bond donors (Lipinski definition) is 1. The minimum absolute atomic E-state index is 0.280. The van der Waals surface area contributed by atoms with E-state index < -0.39 is 5.97 Å². The van der Waals surface area contributed by atoms with Crippen LogP contribution in [0.25, 0.3) is 0 Å². The van der Waals surface area contributed by atoms with Crippen LogP contribution in [0.1, 0.15) is 44.9 Å². The lowest BCUT2D eigenvalue weighted by Crippen LogP contribution is -2.47. The van der Waals surface area contributed by atoms with Crippen LogP contribution in [0, 0.1) is 5.92 Å². The molecule has 0 unspecified atom stereocenters. The summed E-state index contributed by atoms with van der Waals surface area (Å²) < 4.78 is 0. The lowest BCUT2D eigenvalue weighted by atomic mass is 9.87.